The number of sulfonamides is 1. The molecule has 0 spiro atoms. The predicted octanol–water partition coefficient (Wildman–Crippen LogP) is 1.10. The fourth-order valence-corrected chi connectivity index (χ4v) is 4.49. The number of nitrogens with two attached hydrogens (primary N) is 1. The molecule has 0 unspecified atom stereocenters. The summed E-state index contributed by atoms with van der Waals surface area (Å²) < 4.78 is 26.2. The first-order valence-electron chi connectivity index (χ1n) is 9.17. The number of hydrogen-bond acceptors (Lipinski definition) is 5. The number of benzene rings is 1. The molecule has 2 fully saturated rings. The minimum absolute atomic E-state index is 0.102. The molecule has 1 amide bonds. The molecule has 2 aliphatic heterocycles. The summed E-state index contributed by atoms with van der Waals surface area (Å²) in [6, 6.07) is 5.06. The first-order chi connectivity index (χ1) is 12.3. The number of rotatable bonds is 4. The molecule has 3 rings (SSSR count). The molecule has 26 heavy (non-hydrogen) atoms. The molecule has 0 atom stereocenters. The van der Waals surface area contributed by atoms with Gasteiger partial charge in [0.25, 0.3) is 5.91 Å². The number of hydrogen-bond donors (Lipinski definition) is 1. The molecular formula is C18H28N4O3S. The second kappa shape index (κ2) is 7.54. The van der Waals surface area contributed by atoms with Crippen molar-refractivity contribution in [2.75, 3.05) is 45.2 Å². The third-order valence-corrected chi connectivity index (χ3v) is 7.06. The molecule has 0 aromatic heterocycles. The zero-order chi connectivity index (χ0) is 18.9. The molecule has 7 nitrogen and oxygen atoms in total. The normalized spacial score (nSPS) is 19.4. The van der Waals surface area contributed by atoms with Crippen molar-refractivity contribution in [3.8, 4) is 0 Å². The van der Waals surface area contributed by atoms with Crippen LogP contribution in [0.25, 0.3) is 0 Å². The van der Waals surface area contributed by atoms with Crippen LogP contribution in [0.5, 0.6) is 0 Å². The van der Waals surface area contributed by atoms with Crippen LogP contribution in [-0.2, 0) is 10.0 Å². The van der Waals surface area contributed by atoms with E-state index < -0.39 is 10.0 Å². The lowest BCUT2D eigenvalue weighted by molar-refractivity contribution is 0.0715. The Morgan fingerprint density at radius 2 is 1.73 bits per heavy atom. The average molecular weight is 381 g/mol. The van der Waals surface area contributed by atoms with Crippen molar-refractivity contribution in [3.05, 3.63) is 23.8 Å². The highest BCUT2D eigenvalue weighted by molar-refractivity contribution is 7.89. The van der Waals surface area contributed by atoms with Gasteiger partial charge in [0.1, 0.15) is 0 Å². The summed E-state index contributed by atoms with van der Waals surface area (Å²) in [6.45, 7) is 3.02. The van der Waals surface area contributed by atoms with E-state index in [0.29, 0.717) is 18.7 Å². The van der Waals surface area contributed by atoms with Crippen LogP contribution in [0, 0.1) is 0 Å². The number of piperidine rings is 1. The number of anilines is 1. The molecule has 0 bridgehead atoms. The standard InChI is InChI=1S/C18H28N4O3S/c1-20(2)26(24,25)15-5-6-17(21-9-3-4-10-21)16(13-15)18(23)22-11-7-14(19)8-12-22/h5-6,13-14H,3-4,7-12,19H2,1-2H3. The largest absolute Gasteiger partial charge is 0.371 e. The van der Waals surface area contributed by atoms with Gasteiger partial charge in [-0.2, -0.15) is 0 Å². The van der Waals surface area contributed by atoms with Crippen LogP contribution in [0.1, 0.15) is 36.0 Å². The van der Waals surface area contributed by atoms with Crippen LogP contribution in [-0.4, -0.2) is 69.8 Å². The SMILES string of the molecule is CN(C)S(=O)(=O)c1ccc(N2CCCC2)c(C(=O)N2CCC(N)CC2)c1. The lowest BCUT2D eigenvalue weighted by Gasteiger charge is -2.32. The number of carbonyl (C=O) groups is 1. The summed E-state index contributed by atoms with van der Waals surface area (Å²) >= 11 is 0. The van der Waals surface area contributed by atoms with Crippen molar-refractivity contribution in [1.29, 1.82) is 0 Å². The van der Waals surface area contributed by atoms with Gasteiger partial charge in [-0.15, -0.1) is 0 Å². The molecule has 2 saturated heterocycles. The summed E-state index contributed by atoms with van der Waals surface area (Å²) in [5.41, 5.74) is 7.26. The number of amides is 1. The highest BCUT2D eigenvalue weighted by atomic mass is 32.2. The molecule has 1 aromatic carbocycles. The van der Waals surface area contributed by atoms with Gasteiger partial charge in [-0.3, -0.25) is 4.79 Å². The molecule has 0 radical (unpaired) electrons. The van der Waals surface area contributed by atoms with E-state index in [-0.39, 0.29) is 16.8 Å². The van der Waals surface area contributed by atoms with E-state index in [0.717, 1.165) is 44.5 Å². The van der Waals surface area contributed by atoms with Gasteiger partial charge in [-0.1, -0.05) is 0 Å². The molecule has 8 heteroatoms. The second-order valence-corrected chi connectivity index (χ2v) is 9.44. The Morgan fingerprint density at radius 3 is 2.31 bits per heavy atom. The van der Waals surface area contributed by atoms with Gasteiger partial charge in [0.05, 0.1) is 10.5 Å². The Balaban J connectivity index is 1.99. The molecule has 2 N–H and O–H groups in total. The predicted molar refractivity (Wildman–Crippen MR) is 102 cm³/mol. The van der Waals surface area contributed by atoms with E-state index in [1.165, 1.54) is 18.4 Å². The van der Waals surface area contributed by atoms with Crippen LogP contribution in [0.4, 0.5) is 5.69 Å². The molecule has 2 aliphatic rings. The molecular weight excluding hydrogens is 352 g/mol. The second-order valence-electron chi connectivity index (χ2n) is 7.29. The smallest absolute Gasteiger partial charge is 0.256 e. The molecule has 144 valence electrons. The van der Waals surface area contributed by atoms with Gasteiger partial charge in [0.2, 0.25) is 10.0 Å². The maximum absolute atomic E-state index is 13.2. The fraction of sp³-hybridized carbons (Fsp3) is 0.611. The zero-order valence-electron chi connectivity index (χ0n) is 15.5. The third-order valence-electron chi connectivity index (χ3n) is 5.25. The van der Waals surface area contributed by atoms with Gasteiger partial charge in [-0.05, 0) is 43.9 Å². The summed E-state index contributed by atoms with van der Waals surface area (Å²) in [5.74, 6) is -0.102. The summed E-state index contributed by atoms with van der Waals surface area (Å²) in [6.07, 6.45) is 3.73. The van der Waals surface area contributed by atoms with Crippen molar-refractivity contribution in [1.82, 2.24) is 9.21 Å². The van der Waals surface area contributed by atoms with Crippen molar-refractivity contribution in [2.45, 2.75) is 36.6 Å². The van der Waals surface area contributed by atoms with Crippen LogP contribution < -0.4 is 10.6 Å². The van der Waals surface area contributed by atoms with Gasteiger partial charge in [0, 0.05) is 52.0 Å². The minimum Gasteiger partial charge on any atom is -0.371 e. The van der Waals surface area contributed by atoms with E-state index >= 15 is 0 Å². The maximum atomic E-state index is 13.2. The van der Waals surface area contributed by atoms with Gasteiger partial charge in [-0.25, -0.2) is 12.7 Å². The molecule has 1 aromatic rings. The lowest BCUT2D eigenvalue weighted by atomic mass is 10.0. The topological polar surface area (TPSA) is 87.0 Å². The summed E-state index contributed by atoms with van der Waals surface area (Å²) in [7, 11) is -0.594. The van der Waals surface area contributed by atoms with Crippen LogP contribution in [0.3, 0.4) is 0 Å². The maximum Gasteiger partial charge on any atom is 0.256 e. The Morgan fingerprint density at radius 1 is 1.12 bits per heavy atom. The van der Waals surface area contributed by atoms with Crippen molar-refractivity contribution >= 4 is 21.6 Å². The summed E-state index contributed by atoms with van der Waals surface area (Å²) in [5, 5.41) is 0. The quantitative estimate of drug-likeness (QED) is 0.845. The highest BCUT2D eigenvalue weighted by Gasteiger charge is 2.28. The first-order valence-corrected chi connectivity index (χ1v) is 10.6. The Kier molecular flexibility index (Phi) is 5.55. The Labute approximate surface area is 155 Å². The van der Waals surface area contributed by atoms with Crippen molar-refractivity contribution in [3.63, 3.8) is 0 Å². The van der Waals surface area contributed by atoms with E-state index in [9.17, 15) is 13.2 Å². The molecule has 0 aliphatic carbocycles. The Bertz CT molecular complexity index is 765. The first kappa shape index (κ1) is 19.1. The number of nitrogens with zero attached hydrogens (tertiary/aromatic N) is 3. The van der Waals surface area contributed by atoms with Gasteiger partial charge in [0.15, 0.2) is 0 Å². The van der Waals surface area contributed by atoms with Crippen molar-refractivity contribution in [2.24, 2.45) is 5.73 Å². The fourth-order valence-electron chi connectivity index (χ4n) is 3.56. The molecule has 2 heterocycles. The number of likely N-dealkylation sites (tertiary alicyclic amines) is 1. The van der Waals surface area contributed by atoms with Gasteiger partial charge < -0.3 is 15.5 Å². The van der Waals surface area contributed by atoms with Crippen LogP contribution in [0.15, 0.2) is 23.1 Å². The monoisotopic (exact) mass is 380 g/mol. The van der Waals surface area contributed by atoms with Crippen LogP contribution >= 0.6 is 0 Å². The molecule has 0 saturated carbocycles. The Hall–Kier alpha value is -1.64. The minimum atomic E-state index is -3.59. The zero-order valence-corrected chi connectivity index (χ0v) is 16.3. The highest BCUT2D eigenvalue weighted by Crippen LogP contribution is 2.29. The average Bonchev–Trinajstić information content (AvgIpc) is 3.15. The number of carbonyl (C=O) groups excluding carboxylic acids is 1. The van der Waals surface area contributed by atoms with Crippen molar-refractivity contribution < 1.29 is 13.2 Å². The van der Waals surface area contributed by atoms with Gasteiger partial charge >= 0.3 is 0 Å². The van der Waals surface area contributed by atoms with E-state index in [2.05, 4.69) is 4.90 Å². The van der Waals surface area contributed by atoms with Crippen LogP contribution in [0.2, 0.25) is 0 Å². The lowest BCUT2D eigenvalue weighted by Crippen LogP contribution is -2.43. The van der Waals surface area contributed by atoms with E-state index in [4.69, 9.17) is 5.73 Å². The van der Waals surface area contributed by atoms with E-state index in [1.807, 2.05) is 0 Å². The summed E-state index contributed by atoms with van der Waals surface area (Å²) in [4.78, 5) is 17.3. The van der Waals surface area contributed by atoms with E-state index in [1.54, 1.807) is 23.1 Å². The third kappa shape index (κ3) is 3.72.